The first kappa shape index (κ1) is 25.6. The van der Waals surface area contributed by atoms with Gasteiger partial charge >= 0.3 is 5.97 Å². The molecule has 192 valence electrons. The molecule has 4 aromatic rings. The second-order valence-electron chi connectivity index (χ2n) is 8.76. The SMILES string of the molecule is O=C(O)Cc1cccc(-c2ccc(C=C3C(=O)NC(=S)N(c4ccc(Oc5ccccc5)cc4)C3=O)cc2)c1. The Bertz CT molecular complexity index is 1600. The quantitative estimate of drug-likeness (QED) is 0.182. The lowest BCUT2D eigenvalue weighted by molar-refractivity contribution is -0.136. The molecule has 0 unspecified atom stereocenters. The molecule has 2 N–H and O–H groups in total. The highest BCUT2D eigenvalue weighted by Crippen LogP contribution is 2.28. The van der Waals surface area contributed by atoms with E-state index in [9.17, 15) is 14.4 Å². The van der Waals surface area contributed by atoms with Crippen LogP contribution in [0.2, 0.25) is 0 Å². The van der Waals surface area contributed by atoms with Gasteiger partial charge in [-0.1, -0.05) is 66.7 Å². The standard InChI is InChI=1S/C31H22N2O5S/c34-28(35)19-21-5-4-6-23(17-21)22-11-9-20(10-12-22)18-27-29(36)32-31(39)33(30(27)37)24-13-15-26(16-14-24)38-25-7-2-1-3-8-25/h1-18H,19H2,(H,34,35)(H,32,36,39). The number of carbonyl (C=O) groups is 3. The molecule has 4 aromatic carbocycles. The van der Waals surface area contributed by atoms with Gasteiger partial charge in [0.15, 0.2) is 5.11 Å². The van der Waals surface area contributed by atoms with Crippen molar-refractivity contribution < 1.29 is 24.2 Å². The van der Waals surface area contributed by atoms with Crippen molar-refractivity contribution in [2.75, 3.05) is 4.90 Å². The van der Waals surface area contributed by atoms with Crippen LogP contribution in [0.1, 0.15) is 11.1 Å². The molecule has 1 aliphatic rings. The van der Waals surface area contributed by atoms with E-state index in [1.54, 1.807) is 42.5 Å². The first-order valence-electron chi connectivity index (χ1n) is 12.0. The van der Waals surface area contributed by atoms with Gasteiger partial charge in [-0.15, -0.1) is 0 Å². The summed E-state index contributed by atoms with van der Waals surface area (Å²) in [6.45, 7) is 0. The average Bonchev–Trinajstić information content (AvgIpc) is 2.93. The minimum Gasteiger partial charge on any atom is -0.481 e. The summed E-state index contributed by atoms with van der Waals surface area (Å²) in [6.07, 6.45) is 1.46. The number of hydrogen-bond donors (Lipinski definition) is 2. The van der Waals surface area contributed by atoms with Crippen molar-refractivity contribution in [3.63, 3.8) is 0 Å². The van der Waals surface area contributed by atoms with Gasteiger partial charge in [0.2, 0.25) is 0 Å². The van der Waals surface area contributed by atoms with Crippen LogP contribution in [-0.4, -0.2) is 28.0 Å². The zero-order valence-corrected chi connectivity index (χ0v) is 21.4. The van der Waals surface area contributed by atoms with Crippen molar-refractivity contribution in [3.05, 3.63) is 120 Å². The molecule has 1 aliphatic heterocycles. The number of anilines is 1. The highest BCUT2D eigenvalue weighted by Gasteiger charge is 2.34. The molecule has 0 saturated carbocycles. The van der Waals surface area contributed by atoms with Gasteiger partial charge < -0.3 is 9.84 Å². The lowest BCUT2D eigenvalue weighted by atomic mass is 9.99. The van der Waals surface area contributed by atoms with Gasteiger partial charge in [0.1, 0.15) is 17.1 Å². The predicted molar refractivity (Wildman–Crippen MR) is 152 cm³/mol. The maximum absolute atomic E-state index is 13.4. The molecular weight excluding hydrogens is 512 g/mol. The first-order chi connectivity index (χ1) is 18.9. The molecule has 0 aromatic heterocycles. The molecule has 0 atom stereocenters. The topological polar surface area (TPSA) is 95.9 Å². The summed E-state index contributed by atoms with van der Waals surface area (Å²) < 4.78 is 5.81. The zero-order valence-electron chi connectivity index (χ0n) is 20.5. The number of para-hydroxylation sites is 1. The fraction of sp³-hybridized carbons (Fsp3) is 0.0323. The number of thiocarbonyl (C=S) groups is 1. The van der Waals surface area contributed by atoms with Gasteiger partial charge in [-0.25, -0.2) is 0 Å². The smallest absolute Gasteiger partial charge is 0.307 e. The summed E-state index contributed by atoms with van der Waals surface area (Å²) in [5.74, 6) is -0.726. The second-order valence-corrected chi connectivity index (χ2v) is 9.15. The molecule has 39 heavy (non-hydrogen) atoms. The Morgan fingerprint density at radius 3 is 2.23 bits per heavy atom. The molecule has 0 spiro atoms. The number of benzene rings is 4. The second kappa shape index (κ2) is 11.1. The summed E-state index contributed by atoms with van der Waals surface area (Å²) in [6, 6.07) is 30.8. The number of carboxylic acids is 1. The van der Waals surface area contributed by atoms with Crippen LogP contribution in [0.5, 0.6) is 11.5 Å². The number of carbonyl (C=O) groups excluding carboxylic acids is 2. The van der Waals surface area contributed by atoms with E-state index in [-0.39, 0.29) is 17.1 Å². The van der Waals surface area contributed by atoms with Crippen LogP contribution in [0.4, 0.5) is 5.69 Å². The Labute approximate surface area is 230 Å². The van der Waals surface area contributed by atoms with E-state index in [0.29, 0.717) is 28.3 Å². The molecule has 0 aliphatic carbocycles. The summed E-state index contributed by atoms with van der Waals surface area (Å²) in [5, 5.41) is 11.6. The van der Waals surface area contributed by atoms with E-state index in [0.717, 1.165) is 11.1 Å². The van der Waals surface area contributed by atoms with Gasteiger partial charge in [0.25, 0.3) is 11.8 Å². The number of rotatable bonds is 7. The molecule has 1 fully saturated rings. The van der Waals surface area contributed by atoms with Crippen LogP contribution >= 0.6 is 12.2 Å². The van der Waals surface area contributed by atoms with E-state index in [1.807, 2.05) is 60.7 Å². The Balaban J connectivity index is 1.35. The van der Waals surface area contributed by atoms with Gasteiger partial charge in [-0.05, 0) is 76.9 Å². The third-order valence-electron chi connectivity index (χ3n) is 6.01. The Hall–Kier alpha value is -5.08. The van der Waals surface area contributed by atoms with Crippen molar-refractivity contribution in [3.8, 4) is 22.6 Å². The van der Waals surface area contributed by atoms with Crippen LogP contribution in [0.15, 0.2) is 109 Å². The zero-order chi connectivity index (χ0) is 27.4. The first-order valence-corrected chi connectivity index (χ1v) is 12.4. The van der Waals surface area contributed by atoms with Crippen molar-refractivity contribution >= 4 is 46.9 Å². The normalized spacial score (nSPS) is 14.3. The average molecular weight is 535 g/mol. The van der Waals surface area contributed by atoms with Crippen molar-refractivity contribution in [2.24, 2.45) is 0 Å². The lowest BCUT2D eigenvalue weighted by Gasteiger charge is -2.29. The highest BCUT2D eigenvalue weighted by molar-refractivity contribution is 7.80. The van der Waals surface area contributed by atoms with E-state index >= 15 is 0 Å². The van der Waals surface area contributed by atoms with Crippen LogP contribution in [-0.2, 0) is 20.8 Å². The lowest BCUT2D eigenvalue weighted by Crippen LogP contribution is -2.54. The fourth-order valence-electron chi connectivity index (χ4n) is 4.15. The predicted octanol–water partition coefficient (Wildman–Crippen LogP) is 5.60. The molecule has 1 saturated heterocycles. The maximum Gasteiger partial charge on any atom is 0.307 e. The number of amides is 2. The molecule has 2 amide bonds. The fourth-order valence-corrected chi connectivity index (χ4v) is 4.43. The van der Waals surface area contributed by atoms with Gasteiger partial charge in [-0.3, -0.25) is 24.6 Å². The Kier molecular flexibility index (Phi) is 7.29. The van der Waals surface area contributed by atoms with Crippen molar-refractivity contribution in [1.82, 2.24) is 5.32 Å². The van der Waals surface area contributed by atoms with Crippen molar-refractivity contribution in [1.29, 1.82) is 0 Å². The number of aliphatic carboxylic acids is 1. The van der Waals surface area contributed by atoms with Crippen molar-refractivity contribution in [2.45, 2.75) is 6.42 Å². The summed E-state index contributed by atoms with van der Waals surface area (Å²) in [5.41, 5.74) is 3.54. The van der Waals surface area contributed by atoms with E-state index in [4.69, 9.17) is 22.1 Å². The molecule has 0 bridgehead atoms. The molecule has 5 rings (SSSR count). The number of ether oxygens (including phenoxy) is 1. The third-order valence-corrected chi connectivity index (χ3v) is 6.30. The Morgan fingerprint density at radius 2 is 1.54 bits per heavy atom. The molecule has 1 heterocycles. The van der Waals surface area contributed by atoms with Gasteiger partial charge in [0.05, 0.1) is 12.1 Å². The van der Waals surface area contributed by atoms with Gasteiger partial charge in [-0.2, -0.15) is 0 Å². The molecule has 8 heteroatoms. The minimum atomic E-state index is -0.894. The highest BCUT2D eigenvalue weighted by atomic mass is 32.1. The largest absolute Gasteiger partial charge is 0.481 e. The number of hydrogen-bond acceptors (Lipinski definition) is 5. The third kappa shape index (κ3) is 5.92. The number of nitrogens with zero attached hydrogens (tertiary/aromatic N) is 1. The monoisotopic (exact) mass is 534 g/mol. The number of carboxylic acid groups (broad SMARTS) is 1. The van der Waals surface area contributed by atoms with E-state index in [1.165, 1.54) is 11.0 Å². The van der Waals surface area contributed by atoms with E-state index in [2.05, 4.69) is 5.32 Å². The summed E-state index contributed by atoms with van der Waals surface area (Å²) in [4.78, 5) is 38.4. The Morgan fingerprint density at radius 1 is 0.846 bits per heavy atom. The summed E-state index contributed by atoms with van der Waals surface area (Å²) in [7, 11) is 0. The van der Waals surface area contributed by atoms with Crippen LogP contribution < -0.4 is 15.0 Å². The maximum atomic E-state index is 13.4. The van der Waals surface area contributed by atoms with Crippen LogP contribution in [0.25, 0.3) is 17.2 Å². The van der Waals surface area contributed by atoms with E-state index < -0.39 is 17.8 Å². The van der Waals surface area contributed by atoms with Crippen LogP contribution in [0, 0.1) is 0 Å². The molecular formula is C31H22N2O5S. The van der Waals surface area contributed by atoms with Crippen LogP contribution in [0.3, 0.4) is 0 Å². The molecule has 7 nitrogen and oxygen atoms in total. The molecule has 0 radical (unpaired) electrons. The van der Waals surface area contributed by atoms with Gasteiger partial charge in [0, 0.05) is 0 Å². The minimum absolute atomic E-state index is 0.00420. The summed E-state index contributed by atoms with van der Waals surface area (Å²) >= 11 is 5.30. The number of nitrogens with one attached hydrogen (secondary N) is 1.